The number of hydrogen-bond donors (Lipinski definition) is 2. The molecule has 5 rings (SSSR count). The topological polar surface area (TPSA) is 129 Å². The number of ether oxygens (including phenoxy) is 3. The summed E-state index contributed by atoms with van der Waals surface area (Å²) in [6.45, 7) is 0.0628. The first-order chi connectivity index (χ1) is 18.5. The molecule has 2 N–H and O–H groups in total. The summed E-state index contributed by atoms with van der Waals surface area (Å²) in [6.07, 6.45) is 1.60. The fraction of sp³-hybridized carbons (Fsp3) is 0.143. The van der Waals surface area contributed by atoms with Crippen LogP contribution in [-0.2, 0) is 14.3 Å². The Morgan fingerprint density at radius 3 is 2.03 bits per heavy atom. The van der Waals surface area contributed by atoms with Crippen molar-refractivity contribution in [1.82, 2.24) is 15.6 Å². The van der Waals surface area contributed by atoms with Gasteiger partial charge in [0.1, 0.15) is 17.2 Å². The van der Waals surface area contributed by atoms with E-state index in [1.165, 1.54) is 7.11 Å². The molecule has 0 atom stereocenters. The molecule has 1 saturated heterocycles. The molecule has 0 spiro atoms. The highest BCUT2D eigenvalue weighted by Crippen LogP contribution is 2.30. The van der Waals surface area contributed by atoms with Gasteiger partial charge in [0.2, 0.25) is 5.89 Å². The van der Waals surface area contributed by atoms with Crippen LogP contribution in [0.2, 0.25) is 0 Å². The molecule has 3 aromatic carbocycles. The van der Waals surface area contributed by atoms with Gasteiger partial charge in [0.15, 0.2) is 5.76 Å². The van der Waals surface area contributed by atoms with Crippen LogP contribution in [0.25, 0.3) is 22.8 Å². The Morgan fingerprint density at radius 1 is 0.789 bits per heavy atom. The highest BCUT2D eigenvalue weighted by Gasteiger charge is 2.52. The zero-order valence-corrected chi connectivity index (χ0v) is 20.3. The van der Waals surface area contributed by atoms with Gasteiger partial charge in [0.25, 0.3) is 17.4 Å². The fourth-order valence-electron chi connectivity index (χ4n) is 3.88. The number of imide groups is 2. The fourth-order valence-corrected chi connectivity index (χ4v) is 3.88. The van der Waals surface area contributed by atoms with Crippen molar-refractivity contribution in [3.63, 3.8) is 0 Å². The maximum Gasteiger partial charge on any atom is 0.328 e. The van der Waals surface area contributed by atoms with Crippen LogP contribution < -0.4 is 20.1 Å². The van der Waals surface area contributed by atoms with Gasteiger partial charge < -0.3 is 18.6 Å². The van der Waals surface area contributed by atoms with E-state index in [2.05, 4.69) is 15.6 Å². The van der Waals surface area contributed by atoms with Crippen LogP contribution in [0.15, 0.2) is 89.5 Å². The number of barbiturate groups is 1. The zero-order chi connectivity index (χ0) is 26.5. The summed E-state index contributed by atoms with van der Waals surface area (Å²) >= 11 is 0. The number of carbonyl (C=O) groups excluding carboxylic acids is 3. The third kappa shape index (κ3) is 5.11. The summed E-state index contributed by atoms with van der Waals surface area (Å²) in [5.74, 6) is 0.793. The minimum Gasteiger partial charge on any atom is -0.467 e. The lowest BCUT2D eigenvalue weighted by Gasteiger charge is -2.34. The first-order valence-electron chi connectivity index (χ1n) is 11.7. The van der Waals surface area contributed by atoms with Crippen molar-refractivity contribution in [2.24, 2.45) is 0 Å². The molecule has 1 aromatic heterocycles. The molecule has 1 fully saturated rings. The SMILES string of the molecule is COCCC1(Oc2ccc(Oc3ccc(-c4ncc(-c5ccccc5)o4)cc3)cc2)C(=O)NC(=O)NC1=O. The van der Waals surface area contributed by atoms with Crippen molar-refractivity contribution in [1.29, 1.82) is 0 Å². The smallest absolute Gasteiger partial charge is 0.328 e. The number of hydrogen-bond acceptors (Lipinski definition) is 8. The molecule has 4 amide bonds. The maximum atomic E-state index is 12.5. The highest BCUT2D eigenvalue weighted by molar-refractivity contribution is 6.21. The highest BCUT2D eigenvalue weighted by atomic mass is 16.5. The molecule has 0 unspecified atom stereocenters. The molecule has 38 heavy (non-hydrogen) atoms. The van der Waals surface area contributed by atoms with E-state index in [4.69, 9.17) is 18.6 Å². The van der Waals surface area contributed by atoms with Crippen molar-refractivity contribution in [3.8, 4) is 40.0 Å². The van der Waals surface area contributed by atoms with Gasteiger partial charge in [0, 0.05) is 24.7 Å². The number of methoxy groups -OCH3 is 1. The molecule has 10 nitrogen and oxygen atoms in total. The summed E-state index contributed by atoms with van der Waals surface area (Å²) in [6, 6.07) is 22.5. The Bertz CT molecular complexity index is 1430. The molecule has 0 bridgehead atoms. The van der Waals surface area contributed by atoms with E-state index >= 15 is 0 Å². The van der Waals surface area contributed by atoms with Gasteiger partial charge in [0.05, 0.1) is 12.8 Å². The van der Waals surface area contributed by atoms with Crippen molar-refractivity contribution in [2.75, 3.05) is 13.7 Å². The average molecular weight is 514 g/mol. The minimum absolute atomic E-state index is 0.0628. The lowest BCUT2D eigenvalue weighted by atomic mass is 9.95. The Kier molecular flexibility index (Phi) is 6.88. The summed E-state index contributed by atoms with van der Waals surface area (Å²) in [5.41, 5.74) is -0.198. The molecule has 10 heteroatoms. The number of amides is 4. The molecule has 2 heterocycles. The number of oxazole rings is 1. The number of benzene rings is 3. The van der Waals surface area contributed by atoms with E-state index < -0.39 is 23.4 Å². The van der Waals surface area contributed by atoms with E-state index in [0.717, 1.165) is 11.1 Å². The van der Waals surface area contributed by atoms with Gasteiger partial charge in [-0.1, -0.05) is 30.3 Å². The lowest BCUT2D eigenvalue weighted by Crippen LogP contribution is -2.69. The lowest BCUT2D eigenvalue weighted by molar-refractivity contribution is -0.153. The molecule has 0 saturated carbocycles. The van der Waals surface area contributed by atoms with Crippen LogP contribution in [0.1, 0.15) is 6.42 Å². The summed E-state index contributed by atoms with van der Waals surface area (Å²) in [7, 11) is 1.43. The third-order valence-electron chi connectivity index (χ3n) is 5.86. The molecule has 4 aromatic rings. The normalized spacial score (nSPS) is 14.5. The van der Waals surface area contributed by atoms with E-state index in [0.29, 0.717) is 23.1 Å². The van der Waals surface area contributed by atoms with Gasteiger partial charge >= 0.3 is 6.03 Å². The van der Waals surface area contributed by atoms with Crippen LogP contribution in [0, 0.1) is 0 Å². The largest absolute Gasteiger partial charge is 0.467 e. The Hall–Kier alpha value is -4.96. The van der Waals surface area contributed by atoms with Crippen molar-refractivity contribution >= 4 is 17.8 Å². The number of rotatable bonds is 9. The van der Waals surface area contributed by atoms with Crippen molar-refractivity contribution < 1.29 is 33.0 Å². The quantitative estimate of drug-likeness (QED) is 0.317. The van der Waals surface area contributed by atoms with Crippen LogP contribution in [0.3, 0.4) is 0 Å². The van der Waals surface area contributed by atoms with Gasteiger partial charge in [-0.2, -0.15) is 0 Å². The second kappa shape index (κ2) is 10.6. The third-order valence-corrected chi connectivity index (χ3v) is 5.86. The predicted octanol–water partition coefficient (Wildman–Crippen LogP) is 4.32. The first kappa shape index (κ1) is 24.7. The van der Waals surface area contributed by atoms with E-state index in [9.17, 15) is 14.4 Å². The maximum absolute atomic E-state index is 12.5. The molecule has 1 aliphatic heterocycles. The van der Waals surface area contributed by atoms with Crippen LogP contribution in [0.4, 0.5) is 4.79 Å². The van der Waals surface area contributed by atoms with Crippen LogP contribution in [-0.4, -0.2) is 42.1 Å². The van der Waals surface area contributed by atoms with E-state index in [-0.39, 0.29) is 18.8 Å². The van der Waals surface area contributed by atoms with E-state index in [1.807, 2.05) is 42.5 Å². The van der Waals surface area contributed by atoms with Gasteiger partial charge in [-0.15, -0.1) is 0 Å². The van der Waals surface area contributed by atoms with Crippen molar-refractivity contribution in [3.05, 3.63) is 85.1 Å². The second-order valence-electron chi connectivity index (χ2n) is 8.40. The molecular weight excluding hydrogens is 490 g/mol. The summed E-state index contributed by atoms with van der Waals surface area (Å²) in [4.78, 5) is 41.0. The van der Waals surface area contributed by atoms with Gasteiger partial charge in [-0.05, 0) is 48.5 Å². The van der Waals surface area contributed by atoms with Gasteiger partial charge in [-0.25, -0.2) is 9.78 Å². The molecule has 0 aliphatic carbocycles. The van der Waals surface area contributed by atoms with Crippen LogP contribution in [0.5, 0.6) is 17.2 Å². The molecule has 1 aliphatic rings. The summed E-state index contributed by atoms with van der Waals surface area (Å²) < 4.78 is 22.6. The first-order valence-corrected chi connectivity index (χ1v) is 11.7. The number of aromatic nitrogens is 1. The predicted molar refractivity (Wildman–Crippen MR) is 135 cm³/mol. The Balaban J connectivity index is 1.26. The number of nitrogens with zero attached hydrogens (tertiary/aromatic N) is 1. The van der Waals surface area contributed by atoms with Gasteiger partial charge in [-0.3, -0.25) is 20.2 Å². The molecule has 192 valence electrons. The Labute approximate surface area is 217 Å². The number of nitrogens with one attached hydrogen (secondary N) is 2. The molecule has 0 radical (unpaired) electrons. The minimum atomic E-state index is -1.94. The number of urea groups is 1. The van der Waals surface area contributed by atoms with Crippen molar-refractivity contribution in [2.45, 2.75) is 12.0 Å². The summed E-state index contributed by atoms with van der Waals surface area (Å²) in [5, 5.41) is 4.15. The Morgan fingerprint density at radius 2 is 1.39 bits per heavy atom. The monoisotopic (exact) mass is 513 g/mol. The average Bonchev–Trinajstić information content (AvgIpc) is 3.42. The zero-order valence-electron chi connectivity index (χ0n) is 20.3. The van der Waals surface area contributed by atoms with Crippen LogP contribution >= 0.6 is 0 Å². The molecular formula is C28H23N3O7. The van der Waals surface area contributed by atoms with E-state index in [1.54, 1.807) is 42.6 Å². The number of carbonyl (C=O) groups is 3. The second-order valence-corrected chi connectivity index (χ2v) is 8.40. The standard InChI is InChI=1S/C28H23N3O7/c1-35-16-15-28(25(32)30-27(34)31-26(28)33)38-22-13-11-21(12-14-22)36-20-9-7-19(8-10-20)24-29-17-23(37-24)18-5-3-2-4-6-18/h2-14,17H,15-16H2,1H3,(H2,30,31,32,33,34).